The van der Waals surface area contributed by atoms with Gasteiger partial charge in [-0.15, -0.1) is 0 Å². The molecule has 2 fully saturated rings. The molecule has 1 heterocycles. The first kappa shape index (κ1) is 9.68. The molecule has 3 nitrogen and oxygen atoms in total. The Kier molecular flexibility index (Phi) is 2.12. The van der Waals surface area contributed by atoms with Gasteiger partial charge < -0.3 is 10.6 Å². The van der Waals surface area contributed by atoms with Crippen molar-refractivity contribution in [3.8, 4) is 6.07 Å². The number of nitrogens with one attached hydrogen (secondary N) is 2. The molecule has 1 aliphatic carbocycles. The maximum absolute atomic E-state index is 9.04. The third-order valence-corrected chi connectivity index (χ3v) is 3.71. The molecule has 2 unspecified atom stereocenters. The molecule has 1 aromatic rings. The molecule has 82 valence electrons. The van der Waals surface area contributed by atoms with Crippen LogP contribution < -0.4 is 10.6 Å². The number of benzene rings is 1. The number of fused-ring (bicyclic) bond motifs is 1. The number of anilines is 1. The molecule has 1 aliphatic heterocycles. The second kappa shape index (κ2) is 3.50. The molecule has 3 rings (SSSR count). The van der Waals surface area contributed by atoms with Crippen molar-refractivity contribution in [3.05, 3.63) is 29.3 Å². The van der Waals surface area contributed by atoms with Crippen LogP contribution in [0.2, 0.25) is 0 Å². The van der Waals surface area contributed by atoms with Crippen LogP contribution in [0.3, 0.4) is 0 Å². The highest BCUT2D eigenvalue weighted by atomic mass is 15.1. The van der Waals surface area contributed by atoms with Crippen molar-refractivity contribution < 1.29 is 0 Å². The van der Waals surface area contributed by atoms with Gasteiger partial charge in [0.05, 0.1) is 11.3 Å². The SMILES string of the molecule is Cc1ccc(C#N)c(NC2C3CNCC32)c1. The van der Waals surface area contributed by atoms with Gasteiger partial charge in [0.1, 0.15) is 6.07 Å². The molecular formula is C13H15N3. The molecule has 2 atom stereocenters. The standard InChI is InChI=1S/C13H15N3/c1-8-2-3-9(5-14)12(4-8)16-13-10-6-15-7-11(10)13/h2-4,10-11,13,15-16H,6-7H2,1H3. The minimum absolute atomic E-state index is 0.579. The number of hydrogen-bond acceptors (Lipinski definition) is 3. The van der Waals surface area contributed by atoms with Crippen LogP contribution in [0.15, 0.2) is 18.2 Å². The zero-order chi connectivity index (χ0) is 11.1. The third kappa shape index (κ3) is 1.46. The molecule has 1 saturated carbocycles. The maximum atomic E-state index is 9.04. The second-order valence-electron chi connectivity index (χ2n) is 4.82. The first-order chi connectivity index (χ1) is 7.79. The van der Waals surface area contributed by atoms with Crippen molar-refractivity contribution in [1.29, 1.82) is 5.26 Å². The van der Waals surface area contributed by atoms with Gasteiger partial charge in [-0.05, 0) is 36.5 Å². The van der Waals surface area contributed by atoms with Crippen LogP contribution in [-0.2, 0) is 0 Å². The van der Waals surface area contributed by atoms with E-state index in [9.17, 15) is 0 Å². The molecule has 2 N–H and O–H groups in total. The first-order valence-corrected chi connectivity index (χ1v) is 5.77. The zero-order valence-corrected chi connectivity index (χ0v) is 9.33. The van der Waals surface area contributed by atoms with Gasteiger partial charge in [0, 0.05) is 19.1 Å². The second-order valence-corrected chi connectivity index (χ2v) is 4.82. The first-order valence-electron chi connectivity index (χ1n) is 5.77. The Morgan fingerprint density at radius 2 is 2.12 bits per heavy atom. The highest BCUT2D eigenvalue weighted by Crippen LogP contribution is 2.44. The average molecular weight is 213 g/mol. The van der Waals surface area contributed by atoms with E-state index >= 15 is 0 Å². The van der Waals surface area contributed by atoms with E-state index in [1.54, 1.807) is 0 Å². The molecule has 1 aromatic carbocycles. The number of piperidine rings is 1. The lowest BCUT2D eigenvalue weighted by atomic mass is 10.1. The highest BCUT2D eigenvalue weighted by Gasteiger charge is 2.52. The Hall–Kier alpha value is -1.53. The lowest BCUT2D eigenvalue weighted by molar-refractivity contribution is 0.697. The Morgan fingerprint density at radius 1 is 1.38 bits per heavy atom. The van der Waals surface area contributed by atoms with Gasteiger partial charge in [-0.25, -0.2) is 0 Å². The molecule has 16 heavy (non-hydrogen) atoms. The molecule has 0 aromatic heterocycles. The van der Waals surface area contributed by atoms with Gasteiger partial charge in [-0.1, -0.05) is 6.07 Å². The molecule has 0 radical (unpaired) electrons. The summed E-state index contributed by atoms with van der Waals surface area (Å²) in [5.41, 5.74) is 2.95. The summed E-state index contributed by atoms with van der Waals surface area (Å²) in [6.45, 7) is 4.30. The lowest BCUT2D eigenvalue weighted by Crippen LogP contribution is -2.21. The van der Waals surface area contributed by atoms with E-state index in [-0.39, 0.29) is 0 Å². The predicted molar refractivity (Wildman–Crippen MR) is 63.2 cm³/mol. The Labute approximate surface area is 95.5 Å². The van der Waals surface area contributed by atoms with Crippen LogP contribution in [-0.4, -0.2) is 19.1 Å². The minimum atomic E-state index is 0.579. The predicted octanol–water partition coefficient (Wildman–Crippen LogP) is 1.50. The lowest BCUT2D eigenvalue weighted by Gasteiger charge is -2.11. The van der Waals surface area contributed by atoms with Crippen LogP contribution in [0.25, 0.3) is 0 Å². The van der Waals surface area contributed by atoms with Gasteiger partial charge in [0.15, 0.2) is 0 Å². The summed E-state index contributed by atoms with van der Waals surface area (Å²) in [7, 11) is 0. The molecule has 3 heteroatoms. The van der Waals surface area contributed by atoms with Crippen molar-refractivity contribution in [2.24, 2.45) is 11.8 Å². The fourth-order valence-electron chi connectivity index (χ4n) is 2.69. The summed E-state index contributed by atoms with van der Waals surface area (Å²) in [5, 5.41) is 15.9. The van der Waals surface area contributed by atoms with Gasteiger partial charge in [0.25, 0.3) is 0 Å². The Bertz CT molecular complexity index is 451. The van der Waals surface area contributed by atoms with E-state index in [0.717, 1.165) is 36.2 Å². The van der Waals surface area contributed by atoms with Crippen LogP contribution in [0.4, 0.5) is 5.69 Å². The normalized spacial score (nSPS) is 30.6. The number of nitrogens with zero attached hydrogens (tertiary/aromatic N) is 1. The number of nitriles is 1. The molecule has 2 aliphatic rings. The summed E-state index contributed by atoms with van der Waals surface area (Å²) in [6.07, 6.45) is 0. The number of rotatable bonds is 2. The van der Waals surface area contributed by atoms with Crippen molar-refractivity contribution >= 4 is 5.69 Å². The average Bonchev–Trinajstić information content (AvgIpc) is 2.75. The smallest absolute Gasteiger partial charge is 0.101 e. The summed E-state index contributed by atoms with van der Waals surface area (Å²) >= 11 is 0. The van der Waals surface area contributed by atoms with E-state index in [1.165, 1.54) is 5.56 Å². The summed E-state index contributed by atoms with van der Waals surface area (Å²) in [4.78, 5) is 0. The summed E-state index contributed by atoms with van der Waals surface area (Å²) < 4.78 is 0. The van der Waals surface area contributed by atoms with Gasteiger partial charge in [0.2, 0.25) is 0 Å². The monoisotopic (exact) mass is 213 g/mol. The topological polar surface area (TPSA) is 47.9 Å². The quantitative estimate of drug-likeness (QED) is 0.782. The van der Waals surface area contributed by atoms with Crippen molar-refractivity contribution in [3.63, 3.8) is 0 Å². The number of aryl methyl sites for hydroxylation is 1. The van der Waals surface area contributed by atoms with E-state index in [2.05, 4.69) is 29.7 Å². The van der Waals surface area contributed by atoms with Crippen molar-refractivity contribution in [2.75, 3.05) is 18.4 Å². The summed E-state index contributed by atoms with van der Waals surface area (Å²) in [5.74, 6) is 1.54. The maximum Gasteiger partial charge on any atom is 0.101 e. The van der Waals surface area contributed by atoms with Crippen molar-refractivity contribution in [2.45, 2.75) is 13.0 Å². The molecule has 0 bridgehead atoms. The van der Waals surface area contributed by atoms with Gasteiger partial charge in [-0.3, -0.25) is 0 Å². The van der Waals surface area contributed by atoms with Crippen LogP contribution >= 0.6 is 0 Å². The fraction of sp³-hybridized carbons (Fsp3) is 0.462. The fourth-order valence-corrected chi connectivity index (χ4v) is 2.69. The highest BCUT2D eigenvalue weighted by molar-refractivity contribution is 5.60. The third-order valence-electron chi connectivity index (χ3n) is 3.71. The van der Waals surface area contributed by atoms with Gasteiger partial charge in [-0.2, -0.15) is 5.26 Å². The zero-order valence-electron chi connectivity index (χ0n) is 9.33. The van der Waals surface area contributed by atoms with E-state index in [1.807, 2.05) is 12.1 Å². The van der Waals surface area contributed by atoms with Gasteiger partial charge >= 0.3 is 0 Å². The van der Waals surface area contributed by atoms with Crippen molar-refractivity contribution in [1.82, 2.24) is 5.32 Å². The molecule has 0 spiro atoms. The van der Waals surface area contributed by atoms with Crippen LogP contribution in [0.1, 0.15) is 11.1 Å². The summed E-state index contributed by atoms with van der Waals surface area (Å²) in [6, 6.07) is 8.77. The van der Waals surface area contributed by atoms with Crippen LogP contribution in [0.5, 0.6) is 0 Å². The van der Waals surface area contributed by atoms with E-state index in [4.69, 9.17) is 5.26 Å². The van der Waals surface area contributed by atoms with E-state index in [0.29, 0.717) is 6.04 Å². The molecule has 0 amide bonds. The van der Waals surface area contributed by atoms with Crippen LogP contribution in [0, 0.1) is 30.1 Å². The number of hydrogen-bond donors (Lipinski definition) is 2. The Balaban J connectivity index is 1.79. The van der Waals surface area contributed by atoms with E-state index < -0.39 is 0 Å². The largest absolute Gasteiger partial charge is 0.381 e. The molecular weight excluding hydrogens is 198 g/mol. The minimum Gasteiger partial charge on any atom is -0.381 e. The Morgan fingerprint density at radius 3 is 2.81 bits per heavy atom. The molecule has 1 saturated heterocycles.